The van der Waals surface area contributed by atoms with Gasteiger partial charge in [0.15, 0.2) is 0 Å². The Hall–Kier alpha value is -0.770. The smallest absolute Gasteiger partial charge is 0.227 e. The van der Waals surface area contributed by atoms with E-state index in [2.05, 4.69) is 5.32 Å². The molecule has 1 saturated carbocycles. The van der Waals surface area contributed by atoms with E-state index in [1.807, 2.05) is 12.1 Å². The molecule has 1 amide bonds. The van der Waals surface area contributed by atoms with E-state index in [1.54, 1.807) is 12.1 Å². The lowest BCUT2D eigenvalue weighted by Gasteiger charge is -2.11. The van der Waals surface area contributed by atoms with Crippen LogP contribution < -0.4 is 11.1 Å². The van der Waals surface area contributed by atoms with Crippen molar-refractivity contribution in [1.29, 1.82) is 0 Å². The number of para-hydroxylation sites is 1. The third-order valence-corrected chi connectivity index (χ3v) is 3.31. The van der Waals surface area contributed by atoms with E-state index in [9.17, 15) is 4.79 Å². The number of amides is 1. The standard InChI is InChI=1S/C12H15ClN2O.ClH/c13-10-3-1-2-4-11(10)15-12(16)8-5-6-9(14)7-8;/h1-4,8-9H,5-7,14H2,(H,15,16);1H. The highest BCUT2D eigenvalue weighted by molar-refractivity contribution is 6.33. The Morgan fingerprint density at radius 3 is 2.65 bits per heavy atom. The van der Waals surface area contributed by atoms with Crippen LogP contribution in [0, 0.1) is 5.92 Å². The van der Waals surface area contributed by atoms with E-state index in [4.69, 9.17) is 17.3 Å². The fourth-order valence-electron chi connectivity index (χ4n) is 2.05. The summed E-state index contributed by atoms with van der Waals surface area (Å²) in [5.41, 5.74) is 6.46. The van der Waals surface area contributed by atoms with Crippen LogP contribution >= 0.6 is 24.0 Å². The van der Waals surface area contributed by atoms with Crippen molar-refractivity contribution < 1.29 is 4.79 Å². The van der Waals surface area contributed by atoms with Gasteiger partial charge in [-0.2, -0.15) is 0 Å². The van der Waals surface area contributed by atoms with Crippen molar-refractivity contribution >= 4 is 35.6 Å². The summed E-state index contributed by atoms with van der Waals surface area (Å²) >= 11 is 5.96. The van der Waals surface area contributed by atoms with Crippen molar-refractivity contribution in [3.05, 3.63) is 29.3 Å². The topological polar surface area (TPSA) is 55.1 Å². The molecule has 0 aliphatic heterocycles. The fourth-order valence-corrected chi connectivity index (χ4v) is 2.23. The first-order chi connectivity index (χ1) is 7.66. The normalized spacial score (nSPS) is 22.9. The van der Waals surface area contributed by atoms with Crippen molar-refractivity contribution in [1.82, 2.24) is 0 Å². The molecular formula is C12H16Cl2N2O. The second-order valence-corrected chi connectivity index (χ2v) is 4.65. The van der Waals surface area contributed by atoms with Gasteiger partial charge in [-0.15, -0.1) is 12.4 Å². The summed E-state index contributed by atoms with van der Waals surface area (Å²) in [6.07, 6.45) is 2.58. The number of nitrogens with two attached hydrogens (primary N) is 1. The van der Waals surface area contributed by atoms with Crippen LogP contribution in [0.1, 0.15) is 19.3 Å². The number of hydrogen-bond donors (Lipinski definition) is 2. The third-order valence-electron chi connectivity index (χ3n) is 2.98. The van der Waals surface area contributed by atoms with Crippen LogP contribution in [0.4, 0.5) is 5.69 Å². The Morgan fingerprint density at radius 2 is 2.06 bits per heavy atom. The number of hydrogen-bond acceptors (Lipinski definition) is 2. The Morgan fingerprint density at radius 1 is 1.35 bits per heavy atom. The van der Waals surface area contributed by atoms with Crippen LogP contribution in [-0.4, -0.2) is 11.9 Å². The average Bonchev–Trinajstić information content (AvgIpc) is 2.68. The summed E-state index contributed by atoms with van der Waals surface area (Å²) in [5, 5.41) is 3.41. The molecule has 2 atom stereocenters. The largest absolute Gasteiger partial charge is 0.328 e. The van der Waals surface area contributed by atoms with Crippen molar-refractivity contribution in [3.8, 4) is 0 Å². The first-order valence-electron chi connectivity index (χ1n) is 5.48. The maximum atomic E-state index is 11.9. The Kier molecular flexibility index (Phi) is 5.25. The van der Waals surface area contributed by atoms with Crippen LogP contribution in [-0.2, 0) is 4.79 Å². The summed E-state index contributed by atoms with van der Waals surface area (Å²) in [6.45, 7) is 0. The molecule has 1 aromatic carbocycles. The number of benzene rings is 1. The first-order valence-corrected chi connectivity index (χ1v) is 5.85. The summed E-state index contributed by atoms with van der Waals surface area (Å²) < 4.78 is 0. The first kappa shape index (κ1) is 14.3. The van der Waals surface area contributed by atoms with E-state index in [0.717, 1.165) is 19.3 Å². The SMILES string of the molecule is Cl.NC1CCC(C(=O)Nc2ccccc2Cl)C1. The molecular weight excluding hydrogens is 259 g/mol. The molecule has 0 bridgehead atoms. The van der Waals surface area contributed by atoms with Crippen LogP contribution in [0.25, 0.3) is 0 Å². The Bertz CT molecular complexity index is 398. The number of nitrogens with one attached hydrogen (secondary N) is 1. The molecule has 94 valence electrons. The lowest BCUT2D eigenvalue weighted by Crippen LogP contribution is -2.23. The highest BCUT2D eigenvalue weighted by atomic mass is 35.5. The molecule has 17 heavy (non-hydrogen) atoms. The van der Waals surface area contributed by atoms with Crippen molar-refractivity contribution in [3.63, 3.8) is 0 Å². The zero-order valence-electron chi connectivity index (χ0n) is 9.36. The molecule has 3 nitrogen and oxygen atoms in total. The van der Waals surface area contributed by atoms with Gasteiger partial charge in [0.05, 0.1) is 10.7 Å². The molecule has 2 unspecified atom stereocenters. The second kappa shape index (κ2) is 6.24. The van der Waals surface area contributed by atoms with Crippen LogP contribution in [0.15, 0.2) is 24.3 Å². The van der Waals surface area contributed by atoms with E-state index in [-0.39, 0.29) is 30.3 Å². The molecule has 5 heteroatoms. The fraction of sp³-hybridized carbons (Fsp3) is 0.417. The molecule has 1 fully saturated rings. The predicted octanol–water partition coefficient (Wildman–Crippen LogP) is 2.83. The lowest BCUT2D eigenvalue weighted by atomic mass is 10.1. The summed E-state index contributed by atoms with van der Waals surface area (Å²) in [7, 11) is 0. The monoisotopic (exact) mass is 274 g/mol. The summed E-state index contributed by atoms with van der Waals surface area (Å²) in [4.78, 5) is 11.9. The minimum Gasteiger partial charge on any atom is -0.328 e. The summed E-state index contributed by atoms with van der Waals surface area (Å²) in [5.74, 6) is 0.0623. The maximum absolute atomic E-state index is 11.9. The van der Waals surface area contributed by atoms with Crippen molar-refractivity contribution in [2.45, 2.75) is 25.3 Å². The number of carbonyl (C=O) groups is 1. The van der Waals surface area contributed by atoms with Gasteiger partial charge in [-0.05, 0) is 31.4 Å². The molecule has 2 rings (SSSR count). The zero-order valence-corrected chi connectivity index (χ0v) is 10.9. The molecule has 0 radical (unpaired) electrons. The van der Waals surface area contributed by atoms with Crippen molar-refractivity contribution in [2.75, 3.05) is 5.32 Å². The second-order valence-electron chi connectivity index (χ2n) is 4.24. The van der Waals surface area contributed by atoms with Gasteiger partial charge in [-0.3, -0.25) is 4.79 Å². The predicted molar refractivity (Wildman–Crippen MR) is 72.6 cm³/mol. The van der Waals surface area contributed by atoms with Gasteiger partial charge in [-0.1, -0.05) is 23.7 Å². The number of rotatable bonds is 2. The van der Waals surface area contributed by atoms with Crippen LogP contribution in [0.2, 0.25) is 5.02 Å². The maximum Gasteiger partial charge on any atom is 0.227 e. The van der Waals surface area contributed by atoms with Gasteiger partial charge in [0, 0.05) is 12.0 Å². The number of halogens is 2. The molecule has 0 aromatic heterocycles. The van der Waals surface area contributed by atoms with Gasteiger partial charge in [0.1, 0.15) is 0 Å². The molecule has 0 spiro atoms. The third kappa shape index (κ3) is 3.60. The number of carbonyl (C=O) groups excluding carboxylic acids is 1. The average molecular weight is 275 g/mol. The zero-order chi connectivity index (χ0) is 11.5. The summed E-state index contributed by atoms with van der Waals surface area (Å²) in [6, 6.07) is 7.42. The van der Waals surface area contributed by atoms with Gasteiger partial charge in [0.2, 0.25) is 5.91 Å². The van der Waals surface area contributed by atoms with Crippen LogP contribution in [0.3, 0.4) is 0 Å². The molecule has 1 aromatic rings. The Labute approximate surface area is 112 Å². The minimum atomic E-state index is 0. The van der Waals surface area contributed by atoms with Gasteiger partial charge in [0.25, 0.3) is 0 Å². The molecule has 0 saturated heterocycles. The molecule has 1 aliphatic rings. The quantitative estimate of drug-likeness (QED) is 0.872. The van der Waals surface area contributed by atoms with E-state index in [1.165, 1.54) is 0 Å². The van der Waals surface area contributed by atoms with E-state index < -0.39 is 0 Å². The lowest BCUT2D eigenvalue weighted by molar-refractivity contribution is -0.119. The molecule has 3 N–H and O–H groups in total. The van der Waals surface area contributed by atoms with Gasteiger partial charge < -0.3 is 11.1 Å². The highest BCUT2D eigenvalue weighted by Gasteiger charge is 2.27. The Balaban J connectivity index is 0.00000144. The molecule has 1 aliphatic carbocycles. The van der Waals surface area contributed by atoms with Gasteiger partial charge in [-0.25, -0.2) is 0 Å². The van der Waals surface area contributed by atoms with Crippen molar-refractivity contribution in [2.24, 2.45) is 11.7 Å². The van der Waals surface area contributed by atoms with Gasteiger partial charge >= 0.3 is 0 Å². The molecule has 0 heterocycles. The number of anilines is 1. The highest BCUT2D eigenvalue weighted by Crippen LogP contribution is 2.27. The van der Waals surface area contributed by atoms with E-state index in [0.29, 0.717) is 10.7 Å². The minimum absolute atomic E-state index is 0. The van der Waals surface area contributed by atoms with Crippen LogP contribution in [0.5, 0.6) is 0 Å². The van der Waals surface area contributed by atoms with E-state index >= 15 is 0 Å².